The Bertz CT molecular complexity index is 1450. The zero-order chi connectivity index (χ0) is 26.0. The maximum atomic E-state index is 12.8. The Labute approximate surface area is 201 Å². The minimum Gasteiger partial charge on any atom is -0.481 e. The van der Waals surface area contributed by atoms with Crippen LogP contribution in [0.5, 0.6) is 5.88 Å². The number of nitrogens with one attached hydrogen (secondary N) is 2. The van der Waals surface area contributed by atoms with Crippen molar-refractivity contribution in [2.24, 2.45) is 16.2 Å². The molecule has 0 bridgehead atoms. The maximum absolute atomic E-state index is 12.8. The minimum atomic E-state index is -3.91. The molecule has 3 rings (SSSR count). The molecular weight excluding hydrogens is 500 g/mol. The highest BCUT2D eigenvalue weighted by Crippen LogP contribution is 2.28. The first-order valence-corrected chi connectivity index (χ1v) is 13.0. The van der Waals surface area contributed by atoms with Gasteiger partial charge in [0.1, 0.15) is 5.82 Å². The van der Waals surface area contributed by atoms with Gasteiger partial charge in [0.15, 0.2) is 0 Å². The highest BCUT2D eigenvalue weighted by Gasteiger charge is 2.26. The van der Waals surface area contributed by atoms with E-state index in [0.717, 1.165) is 0 Å². The molecule has 0 spiro atoms. The summed E-state index contributed by atoms with van der Waals surface area (Å²) in [5.74, 6) is -1.77. The van der Waals surface area contributed by atoms with Crippen molar-refractivity contribution < 1.29 is 31.2 Å². The van der Waals surface area contributed by atoms with Crippen LogP contribution >= 0.6 is 0 Å². The minimum absolute atomic E-state index is 0.0102. The molecule has 1 aliphatic carbocycles. The van der Waals surface area contributed by atoms with Crippen LogP contribution in [0.1, 0.15) is 23.7 Å². The van der Waals surface area contributed by atoms with Crippen LogP contribution in [-0.4, -0.2) is 45.7 Å². The van der Waals surface area contributed by atoms with Crippen molar-refractivity contribution >= 4 is 43.6 Å². The smallest absolute Gasteiger partial charge is 0.258 e. The van der Waals surface area contributed by atoms with E-state index < -0.39 is 37.8 Å². The summed E-state index contributed by atoms with van der Waals surface area (Å²) in [6, 6.07) is 6.21. The van der Waals surface area contributed by atoms with Gasteiger partial charge in [-0.3, -0.25) is 14.9 Å². The Morgan fingerprint density at radius 1 is 0.971 bits per heavy atom. The molecule has 2 aromatic rings. The third-order valence-electron chi connectivity index (χ3n) is 4.94. The van der Waals surface area contributed by atoms with Gasteiger partial charge in [-0.15, -0.1) is 0 Å². The quantitative estimate of drug-likeness (QED) is 0.397. The van der Waals surface area contributed by atoms with Gasteiger partial charge in [-0.1, -0.05) is 13.0 Å². The van der Waals surface area contributed by atoms with Crippen molar-refractivity contribution in [3.8, 4) is 5.88 Å². The van der Waals surface area contributed by atoms with Gasteiger partial charge < -0.3 is 10.1 Å². The molecule has 0 aliphatic heterocycles. The number of aromatic nitrogens is 2. The third kappa shape index (κ3) is 6.48. The van der Waals surface area contributed by atoms with E-state index in [-0.39, 0.29) is 39.4 Å². The molecular formula is C20H22N6O7S2. The van der Waals surface area contributed by atoms with Crippen LogP contribution < -0.4 is 25.6 Å². The number of amides is 2. The summed E-state index contributed by atoms with van der Waals surface area (Å²) in [6.07, 6.45) is 2.71. The monoisotopic (exact) mass is 522 g/mol. The lowest BCUT2D eigenvalue weighted by Crippen LogP contribution is -2.25. The second-order valence-electron chi connectivity index (χ2n) is 7.50. The number of anilines is 2. The van der Waals surface area contributed by atoms with Crippen LogP contribution in [0, 0.1) is 5.92 Å². The van der Waals surface area contributed by atoms with Crippen molar-refractivity contribution in [3.63, 3.8) is 0 Å². The van der Waals surface area contributed by atoms with Crippen LogP contribution in [0.4, 0.5) is 11.8 Å². The summed E-state index contributed by atoms with van der Waals surface area (Å²) in [5, 5.41) is 15.2. The predicted molar refractivity (Wildman–Crippen MR) is 126 cm³/mol. The molecule has 186 valence electrons. The number of carbonyl (C=O) groups is 2. The fourth-order valence-corrected chi connectivity index (χ4v) is 4.40. The van der Waals surface area contributed by atoms with Crippen molar-refractivity contribution in [2.75, 3.05) is 17.7 Å². The number of nitrogens with zero attached hydrogens (tertiary/aromatic N) is 2. The van der Waals surface area contributed by atoms with Crippen molar-refractivity contribution in [1.29, 1.82) is 0 Å². The van der Waals surface area contributed by atoms with E-state index in [0.29, 0.717) is 5.57 Å². The number of nitrogens with two attached hydrogens (primary N) is 2. The van der Waals surface area contributed by atoms with Gasteiger partial charge in [-0.05, 0) is 42.7 Å². The topological polar surface area (TPSA) is 214 Å². The third-order valence-corrected chi connectivity index (χ3v) is 6.90. The number of methoxy groups -OCH3 is 1. The molecule has 15 heteroatoms. The summed E-state index contributed by atoms with van der Waals surface area (Å²) in [5.41, 5.74) is 0.406. The molecule has 1 heterocycles. The maximum Gasteiger partial charge on any atom is 0.258 e. The zero-order valence-electron chi connectivity index (χ0n) is 18.5. The lowest BCUT2D eigenvalue weighted by atomic mass is 9.92. The molecule has 2 amide bonds. The van der Waals surface area contributed by atoms with Crippen molar-refractivity contribution in [1.82, 2.24) is 9.97 Å². The zero-order valence-corrected chi connectivity index (χ0v) is 20.2. The Morgan fingerprint density at radius 2 is 1.63 bits per heavy atom. The van der Waals surface area contributed by atoms with E-state index in [9.17, 15) is 26.4 Å². The van der Waals surface area contributed by atoms with E-state index in [1.807, 2.05) is 0 Å². The van der Waals surface area contributed by atoms with Crippen LogP contribution in [0.15, 0.2) is 57.9 Å². The van der Waals surface area contributed by atoms with E-state index in [1.54, 1.807) is 6.92 Å². The molecule has 35 heavy (non-hydrogen) atoms. The first-order chi connectivity index (χ1) is 16.3. The van der Waals surface area contributed by atoms with Crippen LogP contribution in [-0.2, 0) is 24.8 Å². The van der Waals surface area contributed by atoms with Gasteiger partial charge in [0, 0.05) is 17.2 Å². The Hall–Kier alpha value is -3.66. The van der Waals surface area contributed by atoms with Gasteiger partial charge >= 0.3 is 0 Å². The Kier molecular flexibility index (Phi) is 7.35. The van der Waals surface area contributed by atoms with E-state index in [1.165, 1.54) is 49.6 Å². The molecule has 1 aromatic carbocycles. The molecule has 1 aliphatic rings. The fraction of sp³-hybridized carbons (Fsp3) is 0.200. The SMILES string of the molecule is COc1cc(NC(=O)C2=CC=C(S(N)(=O)=O)CC2C)nc(NC(=O)c2ccc(S(N)(=O)=O)cc2)n1. The number of primary sulfonamides is 2. The lowest BCUT2D eigenvalue weighted by molar-refractivity contribution is -0.113. The van der Waals surface area contributed by atoms with Crippen LogP contribution in [0.3, 0.4) is 0 Å². The second kappa shape index (κ2) is 9.91. The molecule has 6 N–H and O–H groups in total. The summed E-state index contributed by atoms with van der Waals surface area (Å²) in [4.78, 5) is 33.3. The molecule has 0 saturated heterocycles. The number of sulfonamides is 2. The second-order valence-corrected chi connectivity index (χ2v) is 10.7. The van der Waals surface area contributed by atoms with E-state index >= 15 is 0 Å². The largest absolute Gasteiger partial charge is 0.481 e. The number of hydrogen-bond acceptors (Lipinski definition) is 9. The lowest BCUT2D eigenvalue weighted by Gasteiger charge is -2.20. The highest BCUT2D eigenvalue weighted by atomic mass is 32.2. The first-order valence-electron chi connectivity index (χ1n) is 9.90. The van der Waals surface area contributed by atoms with Gasteiger partial charge in [-0.25, -0.2) is 27.1 Å². The van der Waals surface area contributed by atoms with E-state index in [2.05, 4.69) is 20.6 Å². The average molecular weight is 523 g/mol. The highest BCUT2D eigenvalue weighted by molar-refractivity contribution is 7.93. The predicted octanol–water partition coefficient (Wildman–Crippen LogP) is 0.462. The van der Waals surface area contributed by atoms with Crippen LogP contribution in [0.25, 0.3) is 0 Å². The number of ether oxygens (including phenoxy) is 1. The molecule has 1 atom stereocenters. The Morgan fingerprint density at radius 3 is 2.17 bits per heavy atom. The summed E-state index contributed by atoms with van der Waals surface area (Å²) in [6.45, 7) is 1.68. The summed E-state index contributed by atoms with van der Waals surface area (Å²) in [7, 11) is -6.44. The van der Waals surface area contributed by atoms with E-state index in [4.69, 9.17) is 15.0 Å². The number of rotatable bonds is 7. The van der Waals surface area contributed by atoms with Crippen molar-refractivity contribution in [3.05, 3.63) is 58.5 Å². The molecule has 0 fully saturated rings. The van der Waals surface area contributed by atoms with Gasteiger partial charge in [0.2, 0.25) is 31.9 Å². The molecule has 13 nitrogen and oxygen atoms in total. The number of carbonyl (C=O) groups excluding carboxylic acids is 2. The van der Waals surface area contributed by atoms with Gasteiger partial charge in [-0.2, -0.15) is 9.97 Å². The standard InChI is InChI=1S/C20H22N6O7S2/c1-11-9-14(35(22,31)32)7-8-15(11)19(28)23-16-10-17(33-2)25-20(24-16)26-18(27)12-3-5-13(6-4-12)34(21,29)30/h3-8,10-11H,9H2,1-2H3,(H2,21,29,30)(H2,22,31,32)(H2,23,24,25,26,27,28). The fourth-order valence-electron chi connectivity index (χ4n) is 3.14. The average Bonchev–Trinajstić information content (AvgIpc) is 2.77. The number of allylic oxidation sites excluding steroid dienone is 3. The number of hydrogen-bond donors (Lipinski definition) is 4. The van der Waals surface area contributed by atoms with Crippen LogP contribution in [0.2, 0.25) is 0 Å². The van der Waals surface area contributed by atoms with Crippen molar-refractivity contribution in [2.45, 2.75) is 18.2 Å². The summed E-state index contributed by atoms with van der Waals surface area (Å²) < 4.78 is 50.9. The summed E-state index contributed by atoms with van der Waals surface area (Å²) >= 11 is 0. The van der Waals surface area contributed by atoms with Gasteiger partial charge in [0.25, 0.3) is 11.8 Å². The normalized spacial score (nSPS) is 16.1. The molecule has 1 unspecified atom stereocenters. The molecule has 0 radical (unpaired) electrons. The Balaban J connectivity index is 1.80. The first kappa shape index (κ1) is 26.0. The van der Waals surface area contributed by atoms with Gasteiger partial charge in [0.05, 0.1) is 16.9 Å². The number of benzene rings is 1. The molecule has 1 aromatic heterocycles. The molecule has 0 saturated carbocycles.